The number of nitrogens with zero attached hydrogens (tertiary/aromatic N) is 1. The number of likely N-dealkylation sites (N-methyl/N-ethyl adjacent to an activating group) is 1. The summed E-state index contributed by atoms with van der Waals surface area (Å²) >= 11 is 7.84. The lowest BCUT2D eigenvalue weighted by atomic mass is 10.1. The molecular weight excluding hydrogens is 329 g/mol. The zero-order chi connectivity index (χ0) is 14.5. The van der Waals surface area contributed by atoms with E-state index in [4.69, 9.17) is 16.3 Å². The highest BCUT2D eigenvalue weighted by Crippen LogP contribution is 2.34. The lowest BCUT2D eigenvalue weighted by molar-refractivity contribution is -0.142. The number of thiophene rings is 1. The van der Waals surface area contributed by atoms with Gasteiger partial charge in [0, 0.05) is 17.1 Å². The molecule has 0 amide bonds. The number of carbonyl (C=O) groups excluding carboxylic acids is 1. The standard InChI is InChI=1S/C15H16ClNO2S.ClH/c1-3-17(13-9-6-10-20-13)14(15(18)19-2)11-7-4-5-8-12(11)16;/h4-10,14H,3H2,1-2H3;1H/t14-;/m1./s1. The van der Waals surface area contributed by atoms with Crippen LogP contribution in [0.4, 0.5) is 5.00 Å². The summed E-state index contributed by atoms with van der Waals surface area (Å²) in [6, 6.07) is 10.8. The number of hydrogen-bond donors (Lipinski definition) is 0. The van der Waals surface area contributed by atoms with Gasteiger partial charge in [0.05, 0.1) is 12.1 Å². The van der Waals surface area contributed by atoms with Crippen molar-refractivity contribution in [3.63, 3.8) is 0 Å². The quantitative estimate of drug-likeness (QED) is 0.743. The Morgan fingerprint density at radius 2 is 2.05 bits per heavy atom. The van der Waals surface area contributed by atoms with Crippen molar-refractivity contribution in [3.05, 3.63) is 52.4 Å². The van der Waals surface area contributed by atoms with Gasteiger partial charge in [0.1, 0.15) is 0 Å². The van der Waals surface area contributed by atoms with Crippen LogP contribution in [0.5, 0.6) is 0 Å². The van der Waals surface area contributed by atoms with E-state index in [0.717, 1.165) is 10.6 Å². The Balaban J connectivity index is 0.00000220. The number of carbonyl (C=O) groups is 1. The van der Waals surface area contributed by atoms with Crippen molar-refractivity contribution in [1.82, 2.24) is 0 Å². The Morgan fingerprint density at radius 3 is 2.57 bits per heavy atom. The fraction of sp³-hybridized carbons (Fsp3) is 0.267. The molecular formula is C15H17Cl2NO2S. The number of benzene rings is 1. The molecule has 0 fully saturated rings. The van der Waals surface area contributed by atoms with Crippen molar-refractivity contribution >= 4 is 46.3 Å². The maximum Gasteiger partial charge on any atom is 0.333 e. The predicted octanol–water partition coefficient (Wildman–Crippen LogP) is 4.56. The Hall–Kier alpha value is -1.23. The number of halogens is 2. The first kappa shape index (κ1) is 17.8. The average molecular weight is 346 g/mol. The second-order valence-corrected chi connectivity index (χ2v) is 5.52. The van der Waals surface area contributed by atoms with Crippen LogP contribution in [0, 0.1) is 0 Å². The molecule has 1 atom stereocenters. The molecule has 0 unspecified atom stereocenters. The summed E-state index contributed by atoms with van der Waals surface area (Å²) in [5, 5.41) is 3.57. The van der Waals surface area contributed by atoms with Gasteiger partial charge in [-0.25, -0.2) is 4.79 Å². The highest BCUT2D eigenvalue weighted by molar-refractivity contribution is 7.14. The molecule has 0 aliphatic heterocycles. The summed E-state index contributed by atoms with van der Waals surface area (Å²) < 4.78 is 4.97. The average Bonchev–Trinajstić information content (AvgIpc) is 2.99. The summed E-state index contributed by atoms with van der Waals surface area (Å²) in [4.78, 5) is 14.2. The fourth-order valence-electron chi connectivity index (χ4n) is 2.13. The van der Waals surface area contributed by atoms with E-state index < -0.39 is 6.04 Å². The minimum Gasteiger partial charge on any atom is -0.467 e. The SMILES string of the molecule is CCN(c1cccs1)[C@@H](C(=O)OC)c1ccccc1Cl.Cl. The van der Waals surface area contributed by atoms with Gasteiger partial charge < -0.3 is 9.64 Å². The Kier molecular flexibility index (Phi) is 7.02. The van der Waals surface area contributed by atoms with Crippen LogP contribution in [0.2, 0.25) is 5.02 Å². The number of methoxy groups -OCH3 is 1. The smallest absolute Gasteiger partial charge is 0.333 e. The van der Waals surface area contributed by atoms with E-state index in [-0.39, 0.29) is 18.4 Å². The van der Waals surface area contributed by atoms with Gasteiger partial charge in [-0.1, -0.05) is 29.8 Å². The normalized spacial score (nSPS) is 11.4. The molecule has 0 saturated heterocycles. The fourth-order valence-corrected chi connectivity index (χ4v) is 3.19. The molecule has 21 heavy (non-hydrogen) atoms. The van der Waals surface area contributed by atoms with Gasteiger partial charge in [0.25, 0.3) is 0 Å². The lowest BCUT2D eigenvalue weighted by Gasteiger charge is -2.30. The van der Waals surface area contributed by atoms with Gasteiger partial charge in [-0.2, -0.15) is 0 Å². The molecule has 1 aromatic carbocycles. The van der Waals surface area contributed by atoms with Gasteiger partial charge in [0.15, 0.2) is 6.04 Å². The summed E-state index contributed by atoms with van der Waals surface area (Å²) in [6.07, 6.45) is 0. The molecule has 2 aromatic rings. The zero-order valence-electron chi connectivity index (χ0n) is 11.8. The van der Waals surface area contributed by atoms with Crippen molar-refractivity contribution in [1.29, 1.82) is 0 Å². The van der Waals surface area contributed by atoms with Gasteiger partial charge >= 0.3 is 5.97 Å². The minimum absolute atomic E-state index is 0. The molecule has 3 nitrogen and oxygen atoms in total. The summed E-state index contributed by atoms with van der Waals surface area (Å²) in [7, 11) is 1.40. The van der Waals surface area contributed by atoms with Crippen molar-refractivity contribution in [2.75, 3.05) is 18.6 Å². The van der Waals surface area contributed by atoms with Gasteiger partial charge in [0.2, 0.25) is 0 Å². The van der Waals surface area contributed by atoms with Crippen LogP contribution in [0.15, 0.2) is 41.8 Å². The van der Waals surface area contributed by atoms with Crippen LogP contribution in [-0.2, 0) is 9.53 Å². The third-order valence-electron chi connectivity index (χ3n) is 3.07. The van der Waals surface area contributed by atoms with Crippen LogP contribution in [0.1, 0.15) is 18.5 Å². The molecule has 0 spiro atoms. The second-order valence-electron chi connectivity index (χ2n) is 4.18. The monoisotopic (exact) mass is 345 g/mol. The van der Waals surface area contributed by atoms with E-state index >= 15 is 0 Å². The largest absolute Gasteiger partial charge is 0.467 e. The maximum absolute atomic E-state index is 12.2. The molecule has 0 aliphatic carbocycles. The van der Waals surface area contributed by atoms with E-state index in [1.165, 1.54) is 7.11 Å². The Bertz CT molecular complexity index is 575. The van der Waals surface area contributed by atoms with Crippen molar-refractivity contribution in [2.45, 2.75) is 13.0 Å². The van der Waals surface area contributed by atoms with Crippen LogP contribution >= 0.6 is 35.3 Å². The minimum atomic E-state index is -0.530. The number of ether oxygens (including phenoxy) is 1. The van der Waals surface area contributed by atoms with E-state index in [1.54, 1.807) is 17.4 Å². The van der Waals surface area contributed by atoms with E-state index in [2.05, 4.69) is 0 Å². The van der Waals surface area contributed by atoms with E-state index in [9.17, 15) is 4.79 Å². The van der Waals surface area contributed by atoms with Gasteiger partial charge in [-0.3, -0.25) is 0 Å². The van der Waals surface area contributed by atoms with Crippen LogP contribution in [-0.4, -0.2) is 19.6 Å². The topological polar surface area (TPSA) is 29.5 Å². The molecule has 1 heterocycles. The third kappa shape index (κ3) is 3.90. The van der Waals surface area contributed by atoms with Crippen molar-refractivity contribution in [3.8, 4) is 0 Å². The Labute approximate surface area is 139 Å². The second kappa shape index (κ2) is 8.27. The number of rotatable bonds is 5. The van der Waals surface area contributed by atoms with Crippen LogP contribution in [0.25, 0.3) is 0 Å². The van der Waals surface area contributed by atoms with Crippen LogP contribution in [0.3, 0.4) is 0 Å². The van der Waals surface area contributed by atoms with E-state index in [0.29, 0.717) is 11.6 Å². The third-order valence-corrected chi connectivity index (χ3v) is 4.32. The molecule has 1 aromatic heterocycles. The molecule has 2 rings (SSSR count). The first-order valence-electron chi connectivity index (χ1n) is 6.31. The molecule has 114 valence electrons. The van der Waals surface area contributed by atoms with Gasteiger partial charge in [-0.05, 0) is 30.5 Å². The first-order valence-corrected chi connectivity index (χ1v) is 7.57. The number of anilines is 1. The highest BCUT2D eigenvalue weighted by atomic mass is 35.5. The first-order chi connectivity index (χ1) is 9.69. The molecule has 0 aliphatic rings. The Morgan fingerprint density at radius 1 is 1.33 bits per heavy atom. The maximum atomic E-state index is 12.2. The van der Waals surface area contributed by atoms with E-state index in [1.807, 2.05) is 47.5 Å². The molecule has 0 saturated carbocycles. The molecule has 6 heteroatoms. The zero-order valence-corrected chi connectivity index (χ0v) is 14.2. The summed E-state index contributed by atoms with van der Waals surface area (Å²) in [5.41, 5.74) is 0.760. The van der Waals surface area contributed by atoms with Crippen LogP contribution < -0.4 is 4.90 Å². The predicted molar refractivity (Wildman–Crippen MR) is 90.8 cm³/mol. The van der Waals surface area contributed by atoms with Crippen molar-refractivity contribution in [2.24, 2.45) is 0 Å². The molecule has 0 bridgehead atoms. The number of hydrogen-bond acceptors (Lipinski definition) is 4. The molecule has 0 radical (unpaired) electrons. The molecule has 0 N–H and O–H groups in total. The number of esters is 1. The van der Waals surface area contributed by atoms with Gasteiger partial charge in [-0.15, -0.1) is 23.7 Å². The van der Waals surface area contributed by atoms with Crippen molar-refractivity contribution < 1.29 is 9.53 Å². The summed E-state index contributed by atoms with van der Waals surface area (Å²) in [6.45, 7) is 2.69. The highest BCUT2D eigenvalue weighted by Gasteiger charge is 2.30. The summed E-state index contributed by atoms with van der Waals surface area (Å²) in [5.74, 6) is -0.312. The lowest BCUT2D eigenvalue weighted by Crippen LogP contribution is -2.34.